The molecular formula is C13H30N2. The van der Waals surface area contributed by atoms with E-state index < -0.39 is 0 Å². The minimum absolute atomic E-state index is 1.16. The molecule has 1 rings (SSSR count). The van der Waals surface area contributed by atoms with E-state index in [0.29, 0.717) is 0 Å². The van der Waals surface area contributed by atoms with Crippen LogP contribution in [0.15, 0.2) is 0 Å². The molecule has 0 spiro atoms. The van der Waals surface area contributed by atoms with E-state index in [1.165, 1.54) is 51.6 Å². The van der Waals surface area contributed by atoms with Crippen LogP contribution in [0.1, 0.15) is 52.4 Å². The predicted octanol–water partition coefficient (Wildman–Crippen LogP) is 2.89. The van der Waals surface area contributed by atoms with E-state index in [0.717, 1.165) is 13.1 Å². The molecule has 0 aromatic rings. The van der Waals surface area contributed by atoms with Gasteiger partial charge in [0.1, 0.15) is 0 Å². The van der Waals surface area contributed by atoms with Crippen molar-refractivity contribution in [3.8, 4) is 0 Å². The second-order valence-electron chi connectivity index (χ2n) is 4.47. The summed E-state index contributed by atoms with van der Waals surface area (Å²) >= 11 is 0. The van der Waals surface area contributed by atoms with Crippen LogP contribution in [0.2, 0.25) is 0 Å². The summed E-state index contributed by atoms with van der Waals surface area (Å²) in [5.41, 5.74) is 0. The molecule has 0 radical (unpaired) electrons. The number of hydrogen-bond donors (Lipinski definition) is 1. The number of unbranched alkanes of at least 4 members (excludes halogenated alkanes) is 5. The van der Waals surface area contributed by atoms with Crippen molar-refractivity contribution in [3.05, 3.63) is 0 Å². The molecule has 2 heteroatoms. The summed E-state index contributed by atoms with van der Waals surface area (Å²) in [5, 5.41) is 3.27. The molecule has 0 amide bonds. The van der Waals surface area contributed by atoms with Crippen molar-refractivity contribution in [1.29, 1.82) is 0 Å². The van der Waals surface area contributed by atoms with Crippen molar-refractivity contribution in [3.63, 3.8) is 0 Å². The van der Waals surface area contributed by atoms with Crippen molar-refractivity contribution in [1.82, 2.24) is 10.2 Å². The van der Waals surface area contributed by atoms with Crippen LogP contribution < -0.4 is 5.32 Å². The van der Waals surface area contributed by atoms with Crippen LogP contribution in [-0.4, -0.2) is 38.1 Å². The lowest BCUT2D eigenvalue weighted by Crippen LogP contribution is -2.40. The van der Waals surface area contributed by atoms with E-state index in [4.69, 9.17) is 0 Å². The maximum atomic E-state index is 3.27. The van der Waals surface area contributed by atoms with Crippen molar-refractivity contribution in [2.24, 2.45) is 0 Å². The van der Waals surface area contributed by atoms with Crippen LogP contribution in [0.5, 0.6) is 0 Å². The molecule has 0 aliphatic carbocycles. The lowest BCUT2D eigenvalue weighted by molar-refractivity contribution is 0.291. The van der Waals surface area contributed by atoms with Crippen LogP contribution in [-0.2, 0) is 0 Å². The molecule has 1 fully saturated rings. The van der Waals surface area contributed by atoms with Gasteiger partial charge in [0.05, 0.1) is 0 Å². The Morgan fingerprint density at radius 2 is 1.33 bits per heavy atom. The molecule has 92 valence electrons. The average Bonchev–Trinajstić information content (AvgIpc) is 2.27. The third kappa shape index (κ3) is 11.8. The predicted molar refractivity (Wildman–Crippen MR) is 69.4 cm³/mol. The molecular weight excluding hydrogens is 184 g/mol. The minimum Gasteiger partial charge on any atom is -0.314 e. The second kappa shape index (κ2) is 12.0. The van der Waals surface area contributed by atoms with Gasteiger partial charge in [-0.1, -0.05) is 52.4 Å². The highest BCUT2D eigenvalue weighted by Crippen LogP contribution is 2.03. The monoisotopic (exact) mass is 214 g/mol. The number of rotatable bonds is 5. The molecule has 1 saturated heterocycles. The van der Waals surface area contributed by atoms with Gasteiger partial charge in [-0.3, -0.25) is 0 Å². The summed E-state index contributed by atoms with van der Waals surface area (Å²) in [5.74, 6) is 0. The molecule has 0 aromatic carbocycles. The molecule has 2 nitrogen and oxygen atoms in total. The summed E-state index contributed by atoms with van der Waals surface area (Å²) in [6.07, 6.45) is 8.49. The first kappa shape index (κ1) is 14.9. The summed E-state index contributed by atoms with van der Waals surface area (Å²) < 4.78 is 0. The minimum atomic E-state index is 1.16. The molecule has 1 heterocycles. The van der Waals surface area contributed by atoms with Gasteiger partial charge in [0.2, 0.25) is 0 Å². The Morgan fingerprint density at radius 3 is 1.60 bits per heavy atom. The van der Waals surface area contributed by atoms with E-state index in [2.05, 4.69) is 31.1 Å². The summed E-state index contributed by atoms with van der Waals surface area (Å²) in [4.78, 5) is 2.33. The Hall–Kier alpha value is -0.0800. The van der Waals surface area contributed by atoms with E-state index >= 15 is 0 Å². The third-order valence-electron chi connectivity index (χ3n) is 2.80. The van der Waals surface area contributed by atoms with Crippen molar-refractivity contribution in [2.45, 2.75) is 52.4 Å². The maximum Gasteiger partial charge on any atom is 0.0104 e. The van der Waals surface area contributed by atoms with Crippen LogP contribution in [0.4, 0.5) is 0 Å². The molecule has 1 aliphatic rings. The van der Waals surface area contributed by atoms with Gasteiger partial charge in [0.25, 0.3) is 0 Å². The van der Waals surface area contributed by atoms with Gasteiger partial charge in [0.15, 0.2) is 0 Å². The molecule has 15 heavy (non-hydrogen) atoms. The van der Waals surface area contributed by atoms with Gasteiger partial charge in [-0.15, -0.1) is 0 Å². The van der Waals surface area contributed by atoms with Gasteiger partial charge < -0.3 is 10.2 Å². The number of likely N-dealkylation sites (N-methyl/N-ethyl adjacent to an activating group) is 1. The normalized spacial score (nSPS) is 17.0. The highest BCUT2D eigenvalue weighted by atomic mass is 15.2. The van der Waals surface area contributed by atoms with E-state index in [-0.39, 0.29) is 0 Å². The fraction of sp³-hybridized carbons (Fsp3) is 1.00. The van der Waals surface area contributed by atoms with Crippen LogP contribution in [0.3, 0.4) is 0 Å². The third-order valence-corrected chi connectivity index (χ3v) is 2.80. The quantitative estimate of drug-likeness (QED) is 0.708. The van der Waals surface area contributed by atoms with Crippen LogP contribution in [0, 0.1) is 0 Å². The first-order valence-corrected chi connectivity index (χ1v) is 6.70. The second-order valence-corrected chi connectivity index (χ2v) is 4.47. The number of nitrogens with zero attached hydrogens (tertiary/aromatic N) is 1. The Morgan fingerprint density at radius 1 is 0.867 bits per heavy atom. The molecule has 0 aromatic heterocycles. The zero-order valence-corrected chi connectivity index (χ0v) is 11.0. The van der Waals surface area contributed by atoms with Crippen LogP contribution in [0.25, 0.3) is 0 Å². The van der Waals surface area contributed by atoms with Crippen LogP contribution >= 0.6 is 0 Å². The van der Waals surface area contributed by atoms with Crippen molar-refractivity contribution in [2.75, 3.05) is 33.2 Å². The van der Waals surface area contributed by atoms with Gasteiger partial charge in [-0.25, -0.2) is 0 Å². The Balaban J connectivity index is 0.000000262. The Labute approximate surface area is 96.4 Å². The van der Waals surface area contributed by atoms with Gasteiger partial charge >= 0.3 is 0 Å². The SMILES string of the molecule is CCCCCCCC.CN1CCNCC1. The Kier molecular flexibility index (Phi) is 11.9. The highest BCUT2D eigenvalue weighted by Gasteiger charge is 2.01. The molecule has 0 atom stereocenters. The highest BCUT2D eigenvalue weighted by molar-refractivity contribution is 4.62. The number of hydrogen-bond acceptors (Lipinski definition) is 2. The maximum absolute atomic E-state index is 3.27. The molecule has 1 N–H and O–H groups in total. The van der Waals surface area contributed by atoms with E-state index in [9.17, 15) is 0 Å². The molecule has 1 aliphatic heterocycles. The molecule has 0 bridgehead atoms. The average molecular weight is 214 g/mol. The van der Waals surface area contributed by atoms with Gasteiger partial charge in [-0.05, 0) is 7.05 Å². The summed E-state index contributed by atoms with van der Waals surface area (Å²) in [6.45, 7) is 9.25. The van der Waals surface area contributed by atoms with Crippen molar-refractivity contribution >= 4 is 0 Å². The lowest BCUT2D eigenvalue weighted by Gasteiger charge is -2.21. The summed E-state index contributed by atoms with van der Waals surface area (Å²) in [6, 6.07) is 0. The standard InChI is InChI=1S/C8H18.C5H12N2/c1-3-5-7-8-6-4-2;1-7-4-2-6-3-5-7/h3-8H2,1-2H3;6H,2-5H2,1H3. The topological polar surface area (TPSA) is 15.3 Å². The zero-order valence-electron chi connectivity index (χ0n) is 11.0. The van der Waals surface area contributed by atoms with E-state index in [1.807, 2.05) is 0 Å². The first-order chi connectivity index (χ1) is 7.31. The summed E-state index contributed by atoms with van der Waals surface area (Å²) in [7, 11) is 2.15. The van der Waals surface area contributed by atoms with Crippen molar-refractivity contribution < 1.29 is 0 Å². The molecule has 0 unspecified atom stereocenters. The molecule has 0 saturated carbocycles. The Bertz CT molecular complexity index is 103. The lowest BCUT2D eigenvalue weighted by atomic mass is 10.1. The zero-order chi connectivity index (χ0) is 11.4. The van der Waals surface area contributed by atoms with Gasteiger partial charge in [0, 0.05) is 26.2 Å². The fourth-order valence-corrected chi connectivity index (χ4v) is 1.63. The number of nitrogens with one attached hydrogen (secondary N) is 1. The smallest absolute Gasteiger partial charge is 0.0104 e. The largest absolute Gasteiger partial charge is 0.314 e. The van der Waals surface area contributed by atoms with Gasteiger partial charge in [-0.2, -0.15) is 0 Å². The first-order valence-electron chi connectivity index (χ1n) is 6.70. The fourth-order valence-electron chi connectivity index (χ4n) is 1.63. The number of piperazine rings is 1. The van der Waals surface area contributed by atoms with E-state index in [1.54, 1.807) is 0 Å².